The Bertz CT molecular complexity index is 1620. The molecule has 7 nitrogen and oxygen atoms in total. The summed E-state index contributed by atoms with van der Waals surface area (Å²) in [6, 6.07) is 32.7. The lowest BCUT2D eigenvalue weighted by Gasteiger charge is -2.33. The van der Waals surface area contributed by atoms with Crippen molar-refractivity contribution in [2.45, 2.75) is 0 Å². The number of nitrogens with one attached hydrogen (secondary N) is 2. The minimum atomic E-state index is -0.194. The SMILES string of the molecule is CN1CCN(CC(=O)N(c2ccccc2)c2ccc(NC(=C3C(=O)Nc4cc(Cl)ccc43)c3ccccc3)cc2)CC1. The first kappa shape index (κ1) is 27.7. The van der Waals surface area contributed by atoms with Gasteiger partial charge in [-0.1, -0.05) is 66.2 Å². The van der Waals surface area contributed by atoms with Gasteiger partial charge in [-0.3, -0.25) is 19.4 Å². The number of benzene rings is 4. The number of para-hydroxylation sites is 1. The fraction of sp³-hybridized carbons (Fsp3) is 0.176. The number of halogens is 1. The number of likely N-dealkylation sites (N-methyl/N-ethyl adjacent to an activating group) is 1. The molecule has 0 unspecified atom stereocenters. The second kappa shape index (κ2) is 12.2. The number of fused-ring (bicyclic) bond motifs is 1. The Hall–Kier alpha value is -4.43. The van der Waals surface area contributed by atoms with Crippen LogP contribution in [0.4, 0.5) is 22.7 Å². The van der Waals surface area contributed by atoms with E-state index in [1.165, 1.54) is 0 Å². The van der Waals surface area contributed by atoms with Crippen molar-refractivity contribution in [3.8, 4) is 0 Å². The predicted octanol–water partition coefficient (Wildman–Crippen LogP) is 6.18. The zero-order chi connectivity index (χ0) is 29.1. The minimum Gasteiger partial charge on any atom is -0.354 e. The summed E-state index contributed by atoms with van der Waals surface area (Å²) in [5.41, 5.74) is 5.98. The summed E-state index contributed by atoms with van der Waals surface area (Å²) >= 11 is 6.20. The normalized spacial score (nSPS) is 16.5. The number of hydrogen-bond donors (Lipinski definition) is 2. The van der Waals surface area contributed by atoms with Gasteiger partial charge in [0.1, 0.15) is 0 Å². The molecule has 2 aliphatic heterocycles. The highest BCUT2D eigenvalue weighted by Crippen LogP contribution is 2.39. The molecule has 2 aliphatic rings. The maximum absolute atomic E-state index is 13.7. The average Bonchev–Trinajstić information content (AvgIpc) is 3.33. The molecule has 2 heterocycles. The van der Waals surface area contributed by atoms with Crippen molar-refractivity contribution in [2.24, 2.45) is 0 Å². The van der Waals surface area contributed by atoms with Gasteiger partial charge in [0.2, 0.25) is 5.91 Å². The first-order valence-corrected chi connectivity index (χ1v) is 14.4. The first-order valence-electron chi connectivity index (χ1n) is 14.0. The maximum Gasteiger partial charge on any atom is 0.258 e. The lowest BCUT2D eigenvalue weighted by atomic mass is 10.00. The van der Waals surface area contributed by atoms with E-state index in [1.807, 2.05) is 91.0 Å². The van der Waals surface area contributed by atoms with E-state index in [2.05, 4.69) is 27.5 Å². The molecule has 1 saturated heterocycles. The third-order valence-corrected chi connectivity index (χ3v) is 7.89. The van der Waals surface area contributed by atoms with E-state index in [-0.39, 0.29) is 11.8 Å². The summed E-state index contributed by atoms with van der Waals surface area (Å²) in [4.78, 5) is 33.2. The Morgan fingerprint density at radius 2 is 1.50 bits per heavy atom. The highest BCUT2D eigenvalue weighted by atomic mass is 35.5. The van der Waals surface area contributed by atoms with E-state index < -0.39 is 0 Å². The van der Waals surface area contributed by atoms with Gasteiger partial charge in [0.05, 0.1) is 23.5 Å². The van der Waals surface area contributed by atoms with Crippen LogP contribution in [0.3, 0.4) is 0 Å². The topological polar surface area (TPSA) is 67.9 Å². The van der Waals surface area contributed by atoms with Gasteiger partial charge in [0.15, 0.2) is 0 Å². The second-order valence-corrected chi connectivity index (χ2v) is 11.0. The summed E-state index contributed by atoms with van der Waals surface area (Å²) < 4.78 is 0. The highest BCUT2D eigenvalue weighted by Gasteiger charge is 2.29. The monoisotopic (exact) mass is 577 g/mol. The predicted molar refractivity (Wildman–Crippen MR) is 171 cm³/mol. The molecule has 0 aliphatic carbocycles. The molecule has 212 valence electrons. The van der Waals surface area contributed by atoms with Crippen molar-refractivity contribution in [1.29, 1.82) is 0 Å². The van der Waals surface area contributed by atoms with Gasteiger partial charge in [-0.15, -0.1) is 0 Å². The average molecular weight is 578 g/mol. The quantitative estimate of drug-likeness (QED) is 0.257. The van der Waals surface area contributed by atoms with Crippen LogP contribution in [0.25, 0.3) is 11.3 Å². The van der Waals surface area contributed by atoms with Crippen molar-refractivity contribution < 1.29 is 9.59 Å². The molecule has 2 amide bonds. The van der Waals surface area contributed by atoms with Crippen LogP contribution < -0.4 is 15.5 Å². The fourth-order valence-electron chi connectivity index (χ4n) is 5.40. The van der Waals surface area contributed by atoms with E-state index in [4.69, 9.17) is 11.6 Å². The molecule has 0 radical (unpaired) electrons. The number of hydrogen-bond acceptors (Lipinski definition) is 5. The molecular weight excluding hydrogens is 546 g/mol. The molecule has 8 heteroatoms. The van der Waals surface area contributed by atoms with E-state index in [0.717, 1.165) is 54.4 Å². The minimum absolute atomic E-state index is 0.0245. The number of amides is 2. The van der Waals surface area contributed by atoms with Crippen molar-refractivity contribution in [2.75, 3.05) is 55.3 Å². The van der Waals surface area contributed by atoms with Gasteiger partial charge in [-0.2, -0.15) is 0 Å². The number of rotatable bonds is 7. The largest absolute Gasteiger partial charge is 0.354 e. The van der Waals surface area contributed by atoms with Crippen LogP contribution in [-0.2, 0) is 9.59 Å². The molecule has 4 aromatic carbocycles. The van der Waals surface area contributed by atoms with Crippen LogP contribution in [0.2, 0.25) is 5.02 Å². The molecule has 6 rings (SSSR count). The Morgan fingerprint density at radius 1 is 0.857 bits per heavy atom. The third-order valence-electron chi connectivity index (χ3n) is 7.65. The van der Waals surface area contributed by atoms with E-state index >= 15 is 0 Å². The van der Waals surface area contributed by atoms with E-state index in [1.54, 1.807) is 17.0 Å². The van der Waals surface area contributed by atoms with Gasteiger partial charge >= 0.3 is 0 Å². The molecule has 42 heavy (non-hydrogen) atoms. The van der Waals surface area contributed by atoms with E-state index in [0.29, 0.717) is 28.5 Å². The third kappa shape index (κ3) is 5.94. The Labute approximate surface area is 251 Å². The number of carbonyl (C=O) groups is 2. The zero-order valence-corrected chi connectivity index (χ0v) is 24.1. The van der Waals surface area contributed by atoms with Crippen molar-refractivity contribution >= 4 is 57.4 Å². The van der Waals surface area contributed by atoms with Gasteiger partial charge in [0, 0.05) is 53.8 Å². The van der Waals surface area contributed by atoms with Crippen LogP contribution in [0.1, 0.15) is 11.1 Å². The van der Waals surface area contributed by atoms with Gasteiger partial charge < -0.3 is 15.5 Å². The smallest absolute Gasteiger partial charge is 0.258 e. The van der Waals surface area contributed by atoms with Gasteiger partial charge in [-0.25, -0.2) is 0 Å². The van der Waals surface area contributed by atoms with Crippen LogP contribution in [0.5, 0.6) is 0 Å². The molecule has 0 atom stereocenters. The van der Waals surface area contributed by atoms with Crippen molar-refractivity contribution in [3.05, 3.63) is 119 Å². The molecule has 1 fully saturated rings. The zero-order valence-electron chi connectivity index (χ0n) is 23.4. The molecule has 0 spiro atoms. The van der Waals surface area contributed by atoms with Crippen molar-refractivity contribution in [1.82, 2.24) is 9.80 Å². The molecular formula is C34H32ClN5O2. The van der Waals surface area contributed by atoms with Gasteiger partial charge in [0.25, 0.3) is 5.91 Å². The summed E-state index contributed by atoms with van der Waals surface area (Å²) in [5, 5.41) is 7.00. The number of piperazine rings is 1. The molecule has 0 aromatic heterocycles. The second-order valence-electron chi connectivity index (χ2n) is 10.6. The number of nitrogens with zero attached hydrogens (tertiary/aromatic N) is 3. The Morgan fingerprint density at radius 3 is 2.19 bits per heavy atom. The lowest BCUT2D eigenvalue weighted by Crippen LogP contribution is -2.48. The molecule has 0 saturated carbocycles. The molecule has 0 bridgehead atoms. The van der Waals surface area contributed by atoms with Crippen LogP contribution >= 0.6 is 11.6 Å². The Kier molecular flexibility index (Phi) is 8.06. The van der Waals surface area contributed by atoms with Crippen LogP contribution in [0, 0.1) is 0 Å². The summed E-state index contributed by atoms with van der Waals surface area (Å²) in [6.07, 6.45) is 0. The number of anilines is 4. The summed E-state index contributed by atoms with van der Waals surface area (Å²) in [7, 11) is 2.11. The van der Waals surface area contributed by atoms with E-state index in [9.17, 15) is 9.59 Å². The molecule has 2 N–H and O–H groups in total. The Balaban J connectivity index is 1.32. The highest BCUT2D eigenvalue weighted by molar-refractivity contribution is 6.38. The summed E-state index contributed by atoms with van der Waals surface area (Å²) in [6.45, 7) is 3.99. The van der Waals surface area contributed by atoms with Crippen molar-refractivity contribution in [3.63, 3.8) is 0 Å². The maximum atomic E-state index is 13.7. The standard InChI is InChI=1S/C34H32ClN5O2/c1-38-18-20-39(21-19-38)23-31(41)40(27-10-6-3-7-11-27)28-15-13-26(14-16-28)36-33(24-8-4-2-5-9-24)32-29-17-12-25(35)22-30(29)37-34(32)42/h2-17,22,36H,18-21,23H2,1H3,(H,37,42). The van der Waals surface area contributed by atoms with Crippen LogP contribution in [-0.4, -0.2) is 61.4 Å². The lowest BCUT2D eigenvalue weighted by molar-refractivity contribution is -0.119. The van der Waals surface area contributed by atoms with Gasteiger partial charge in [-0.05, 0) is 61.1 Å². The summed E-state index contributed by atoms with van der Waals surface area (Å²) in [5.74, 6) is -0.170. The number of carbonyl (C=O) groups excluding carboxylic acids is 2. The fourth-order valence-corrected chi connectivity index (χ4v) is 5.57. The van der Waals surface area contributed by atoms with Crippen LogP contribution in [0.15, 0.2) is 103 Å². The molecule has 4 aromatic rings. The first-order chi connectivity index (χ1) is 20.5.